The zero-order chi connectivity index (χ0) is 13.6. The molecule has 0 amide bonds. The van der Waals surface area contributed by atoms with Crippen molar-refractivity contribution in [1.29, 1.82) is 0 Å². The van der Waals surface area contributed by atoms with E-state index in [4.69, 9.17) is 5.73 Å². The molecule has 0 spiro atoms. The maximum absolute atomic E-state index is 12.6. The van der Waals surface area contributed by atoms with Crippen LogP contribution in [0.5, 0.6) is 0 Å². The molecule has 7 heteroatoms. The van der Waals surface area contributed by atoms with Crippen molar-refractivity contribution in [2.24, 2.45) is 5.73 Å². The van der Waals surface area contributed by atoms with Gasteiger partial charge in [0.25, 0.3) is 0 Å². The van der Waals surface area contributed by atoms with E-state index < -0.39 is 11.9 Å². The third-order valence-corrected chi connectivity index (χ3v) is 3.21. The molecule has 1 aliphatic carbocycles. The Hall–Kier alpha value is -1.89. The number of nitrogens with zero attached hydrogens (tertiary/aromatic N) is 3. The number of fused-ring (bicyclic) bond motifs is 1. The first-order valence-electron chi connectivity index (χ1n) is 5.83. The Labute approximate surface area is 107 Å². The van der Waals surface area contributed by atoms with Crippen LogP contribution in [0.4, 0.5) is 13.2 Å². The molecule has 1 aliphatic rings. The normalized spacial score (nSPS) is 18.6. The number of rotatable bonds is 1. The average molecular weight is 268 g/mol. The van der Waals surface area contributed by atoms with Crippen LogP contribution in [-0.2, 0) is 12.6 Å². The first kappa shape index (κ1) is 12.2. The van der Waals surface area contributed by atoms with Crippen molar-refractivity contribution >= 4 is 0 Å². The Kier molecular flexibility index (Phi) is 2.60. The fraction of sp³-hybridized carbons (Fsp3) is 0.333. The van der Waals surface area contributed by atoms with Gasteiger partial charge in [0.1, 0.15) is 5.69 Å². The van der Waals surface area contributed by atoms with Crippen LogP contribution >= 0.6 is 0 Å². The van der Waals surface area contributed by atoms with E-state index in [1.54, 1.807) is 6.20 Å². The molecular weight excluding hydrogens is 257 g/mol. The van der Waals surface area contributed by atoms with Gasteiger partial charge < -0.3 is 5.73 Å². The van der Waals surface area contributed by atoms with Crippen LogP contribution in [0.1, 0.15) is 29.4 Å². The minimum atomic E-state index is -4.46. The summed E-state index contributed by atoms with van der Waals surface area (Å²) in [6.45, 7) is 0. The van der Waals surface area contributed by atoms with Gasteiger partial charge in [-0.05, 0) is 25.0 Å². The average Bonchev–Trinajstić information content (AvgIpc) is 2.91. The summed E-state index contributed by atoms with van der Waals surface area (Å²) in [6.07, 6.45) is -0.0287. The van der Waals surface area contributed by atoms with E-state index >= 15 is 0 Å². The van der Waals surface area contributed by atoms with Crippen LogP contribution in [0.15, 0.2) is 24.5 Å². The molecule has 4 nitrogen and oxygen atoms in total. The molecule has 0 unspecified atom stereocenters. The zero-order valence-corrected chi connectivity index (χ0v) is 9.85. The summed E-state index contributed by atoms with van der Waals surface area (Å²) >= 11 is 0. The van der Waals surface area contributed by atoms with Crippen molar-refractivity contribution in [2.75, 3.05) is 0 Å². The molecule has 19 heavy (non-hydrogen) atoms. The third-order valence-electron chi connectivity index (χ3n) is 3.21. The standard InChI is InChI=1S/C12H11F3N4/c13-12(14,15)11-5-7(3-4-17-11)19-6-8-9(16)1-2-10(8)18-19/h3-6,9H,1-2,16H2/t9-/m0/s1. The summed E-state index contributed by atoms with van der Waals surface area (Å²) in [5.74, 6) is 0. The molecule has 3 rings (SSSR count). The fourth-order valence-electron chi connectivity index (χ4n) is 2.22. The van der Waals surface area contributed by atoms with Gasteiger partial charge in [-0.15, -0.1) is 0 Å². The number of halogens is 3. The van der Waals surface area contributed by atoms with Gasteiger partial charge in [0, 0.05) is 24.0 Å². The molecule has 0 saturated heterocycles. The highest BCUT2D eigenvalue weighted by Crippen LogP contribution is 2.31. The Morgan fingerprint density at radius 1 is 1.37 bits per heavy atom. The lowest BCUT2D eigenvalue weighted by atomic mass is 10.2. The predicted octanol–water partition coefficient (Wildman–Crippen LogP) is 2.23. The number of aromatic nitrogens is 3. The van der Waals surface area contributed by atoms with Gasteiger partial charge in [-0.3, -0.25) is 4.98 Å². The molecule has 0 bridgehead atoms. The van der Waals surface area contributed by atoms with Crippen LogP contribution in [0.2, 0.25) is 0 Å². The summed E-state index contributed by atoms with van der Waals surface area (Å²) in [7, 11) is 0. The smallest absolute Gasteiger partial charge is 0.324 e. The highest BCUT2D eigenvalue weighted by Gasteiger charge is 2.33. The largest absolute Gasteiger partial charge is 0.433 e. The third kappa shape index (κ3) is 2.10. The topological polar surface area (TPSA) is 56.7 Å². The molecule has 0 fully saturated rings. The van der Waals surface area contributed by atoms with Crippen LogP contribution in [0.25, 0.3) is 5.69 Å². The Bertz CT molecular complexity index is 618. The van der Waals surface area contributed by atoms with E-state index in [1.807, 2.05) is 0 Å². The number of aryl methyl sites for hydroxylation is 1. The van der Waals surface area contributed by atoms with Crippen molar-refractivity contribution in [3.63, 3.8) is 0 Å². The second kappa shape index (κ2) is 4.06. The summed E-state index contributed by atoms with van der Waals surface area (Å²) in [5, 5.41) is 4.28. The second-order valence-corrected chi connectivity index (χ2v) is 4.52. The first-order valence-corrected chi connectivity index (χ1v) is 5.83. The van der Waals surface area contributed by atoms with Crippen molar-refractivity contribution in [3.05, 3.63) is 41.5 Å². The highest BCUT2D eigenvalue weighted by molar-refractivity contribution is 5.36. The summed E-state index contributed by atoms with van der Waals surface area (Å²) < 4.78 is 39.2. The molecule has 0 aliphatic heterocycles. The van der Waals surface area contributed by atoms with Crippen LogP contribution in [-0.4, -0.2) is 14.8 Å². The molecule has 0 saturated carbocycles. The van der Waals surface area contributed by atoms with Gasteiger partial charge in [-0.2, -0.15) is 18.3 Å². The number of alkyl halides is 3. The SMILES string of the molecule is N[C@H]1CCc2nn(-c3ccnc(C(F)(F)F)c3)cc21. The van der Waals surface area contributed by atoms with Crippen LogP contribution in [0.3, 0.4) is 0 Å². The zero-order valence-electron chi connectivity index (χ0n) is 9.85. The number of hydrogen-bond acceptors (Lipinski definition) is 3. The monoisotopic (exact) mass is 268 g/mol. The number of hydrogen-bond donors (Lipinski definition) is 1. The minimum Gasteiger partial charge on any atom is -0.324 e. The quantitative estimate of drug-likeness (QED) is 0.862. The molecule has 0 aromatic carbocycles. The number of pyridine rings is 1. The first-order chi connectivity index (χ1) is 8.95. The minimum absolute atomic E-state index is 0.0762. The van der Waals surface area contributed by atoms with E-state index in [9.17, 15) is 13.2 Å². The number of nitrogens with two attached hydrogens (primary N) is 1. The van der Waals surface area contributed by atoms with Gasteiger partial charge >= 0.3 is 6.18 Å². The maximum Gasteiger partial charge on any atom is 0.433 e. The molecule has 2 aromatic rings. The molecule has 100 valence electrons. The summed E-state index contributed by atoms with van der Waals surface area (Å²) in [5.41, 5.74) is 7.07. The summed E-state index contributed by atoms with van der Waals surface area (Å²) in [4.78, 5) is 3.32. The molecule has 2 N–H and O–H groups in total. The fourth-order valence-corrected chi connectivity index (χ4v) is 2.22. The van der Waals surface area contributed by atoms with Crippen LogP contribution < -0.4 is 5.73 Å². The molecule has 1 atom stereocenters. The van der Waals surface area contributed by atoms with E-state index in [0.29, 0.717) is 5.69 Å². The van der Waals surface area contributed by atoms with E-state index in [0.717, 1.165) is 36.4 Å². The van der Waals surface area contributed by atoms with Gasteiger partial charge in [0.2, 0.25) is 0 Å². The molecule has 2 aromatic heterocycles. The Balaban J connectivity index is 2.01. The lowest BCUT2D eigenvalue weighted by molar-refractivity contribution is -0.141. The maximum atomic E-state index is 12.6. The lowest BCUT2D eigenvalue weighted by Crippen LogP contribution is -2.09. The lowest BCUT2D eigenvalue weighted by Gasteiger charge is -2.08. The summed E-state index contributed by atoms with van der Waals surface area (Å²) in [6, 6.07) is 2.39. The predicted molar refractivity (Wildman–Crippen MR) is 61.6 cm³/mol. The van der Waals surface area contributed by atoms with E-state index in [1.165, 1.54) is 10.7 Å². The van der Waals surface area contributed by atoms with Crippen molar-refractivity contribution < 1.29 is 13.2 Å². The Morgan fingerprint density at radius 3 is 2.84 bits per heavy atom. The van der Waals surface area contributed by atoms with Crippen molar-refractivity contribution in [3.8, 4) is 5.69 Å². The Morgan fingerprint density at radius 2 is 2.16 bits per heavy atom. The van der Waals surface area contributed by atoms with Crippen molar-refractivity contribution in [2.45, 2.75) is 25.1 Å². The molecular formula is C12H11F3N4. The van der Waals surface area contributed by atoms with Gasteiger partial charge in [-0.25, -0.2) is 4.68 Å². The highest BCUT2D eigenvalue weighted by atomic mass is 19.4. The van der Waals surface area contributed by atoms with E-state index in [-0.39, 0.29) is 6.04 Å². The van der Waals surface area contributed by atoms with Gasteiger partial charge in [0.15, 0.2) is 0 Å². The van der Waals surface area contributed by atoms with Crippen LogP contribution in [0, 0.1) is 0 Å². The molecule has 2 heterocycles. The van der Waals surface area contributed by atoms with E-state index in [2.05, 4.69) is 10.1 Å². The van der Waals surface area contributed by atoms with Gasteiger partial charge in [-0.1, -0.05) is 0 Å². The van der Waals surface area contributed by atoms with Crippen molar-refractivity contribution in [1.82, 2.24) is 14.8 Å². The molecule has 0 radical (unpaired) electrons. The van der Waals surface area contributed by atoms with Gasteiger partial charge in [0.05, 0.1) is 11.4 Å². The second-order valence-electron chi connectivity index (χ2n) is 4.52.